The molecule has 0 aliphatic carbocycles. The third kappa shape index (κ3) is 4.91. The zero-order chi connectivity index (χ0) is 15.3. The van der Waals surface area contributed by atoms with Crippen LogP contribution in [0.25, 0.3) is 0 Å². The number of rotatable bonds is 6. The number of hydrogen-bond donors (Lipinski definition) is 1. The van der Waals surface area contributed by atoms with E-state index in [1.807, 2.05) is 24.3 Å². The van der Waals surface area contributed by atoms with Crippen molar-refractivity contribution >= 4 is 26.0 Å². The number of nitrogens with one attached hydrogen (secondary N) is 1. The average Bonchev–Trinajstić information content (AvgIpc) is 2.44. The van der Waals surface area contributed by atoms with Gasteiger partial charge in [0.15, 0.2) is 0 Å². The van der Waals surface area contributed by atoms with Crippen LogP contribution in [0.15, 0.2) is 57.9 Å². The first-order chi connectivity index (χ1) is 9.97. The van der Waals surface area contributed by atoms with Crippen LogP contribution in [0.5, 0.6) is 0 Å². The monoisotopic (exact) mass is 371 g/mol. The number of aryl methyl sites for hydroxylation is 1. The van der Waals surface area contributed by atoms with Crippen LogP contribution in [0.4, 0.5) is 4.39 Å². The van der Waals surface area contributed by atoms with Crippen LogP contribution in [0.2, 0.25) is 0 Å². The van der Waals surface area contributed by atoms with E-state index in [2.05, 4.69) is 20.7 Å². The van der Waals surface area contributed by atoms with Gasteiger partial charge < -0.3 is 0 Å². The summed E-state index contributed by atoms with van der Waals surface area (Å²) in [5.41, 5.74) is 1.14. The van der Waals surface area contributed by atoms with E-state index in [-0.39, 0.29) is 4.90 Å². The summed E-state index contributed by atoms with van der Waals surface area (Å²) in [5.74, 6) is -0.455. The molecule has 0 heterocycles. The van der Waals surface area contributed by atoms with Gasteiger partial charge in [-0.1, -0.05) is 28.1 Å². The Hall–Kier alpha value is -1.24. The molecule has 1 N–H and O–H groups in total. The number of halogens is 2. The maximum atomic E-state index is 12.8. The van der Waals surface area contributed by atoms with Crippen molar-refractivity contribution in [3.05, 3.63) is 64.4 Å². The van der Waals surface area contributed by atoms with Crippen LogP contribution in [0, 0.1) is 5.82 Å². The van der Waals surface area contributed by atoms with Gasteiger partial charge in [0.25, 0.3) is 0 Å². The maximum Gasteiger partial charge on any atom is 0.240 e. The summed E-state index contributed by atoms with van der Waals surface area (Å²) < 4.78 is 40.2. The Balaban J connectivity index is 1.86. The molecule has 0 spiro atoms. The lowest BCUT2D eigenvalue weighted by Crippen LogP contribution is -2.25. The van der Waals surface area contributed by atoms with Crippen molar-refractivity contribution in [3.63, 3.8) is 0 Å². The van der Waals surface area contributed by atoms with Gasteiger partial charge >= 0.3 is 0 Å². The van der Waals surface area contributed by atoms with Crippen LogP contribution in [-0.4, -0.2) is 15.0 Å². The van der Waals surface area contributed by atoms with E-state index in [4.69, 9.17) is 0 Å². The molecule has 0 amide bonds. The molecule has 0 aliphatic rings. The molecule has 0 aliphatic heterocycles. The Kier molecular flexibility index (Phi) is 5.50. The van der Waals surface area contributed by atoms with E-state index in [0.717, 1.165) is 28.6 Å². The van der Waals surface area contributed by atoms with Gasteiger partial charge in [-0.15, -0.1) is 0 Å². The van der Waals surface area contributed by atoms with Crippen molar-refractivity contribution < 1.29 is 12.8 Å². The third-order valence-corrected chi connectivity index (χ3v) is 4.92. The second-order valence-electron chi connectivity index (χ2n) is 4.59. The molecular weight excluding hydrogens is 357 g/mol. The van der Waals surface area contributed by atoms with Gasteiger partial charge in [-0.3, -0.25) is 0 Å². The fraction of sp³-hybridized carbons (Fsp3) is 0.200. The summed E-state index contributed by atoms with van der Waals surface area (Å²) >= 11 is 3.40. The highest BCUT2D eigenvalue weighted by atomic mass is 79.9. The van der Waals surface area contributed by atoms with Crippen LogP contribution < -0.4 is 4.72 Å². The smallest absolute Gasteiger partial charge is 0.211 e. The predicted octanol–water partition coefficient (Wildman–Crippen LogP) is 3.50. The second kappa shape index (κ2) is 7.15. The highest BCUT2D eigenvalue weighted by Crippen LogP contribution is 2.13. The molecule has 0 saturated carbocycles. The normalized spacial score (nSPS) is 11.5. The fourth-order valence-corrected chi connectivity index (χ4v) is 3.41. The van der Waals surface area contributed by atoms with E-state index < -0.39 is 15.8 Å². The van der Waals surface area contributed by atoms with Crippen molar-refractivity contribution in [3.8, 4) is 0 Å². The minimum Gasteiger partial charge on any atom is -0.211 e. The van der Waals surface area contributed by atoms with Crippen molar-refractivity contribution in [2.24, 2.45) is 0 Å². The quantitative estimate of drug-likeness (QED) is 0.789. The van der Waals surface area contributed by atoms with Gasteiger partial charge in [0.05, 0.1) is 4.90 Å². The van der Waals surface area contributed by atoms with Gasteiger partial charge in [-0.2, -0.15) is 0 Å². The third-order valence-electron chi connectivity index (χ3n) is 2.95. The maximum absolute atomic E-state index is 12.8. The molecular formula is C15H15BrFNO2S. The molecule has 2 aromatic carbocycles. The Morgan fingerprint density at radius 2 is 1.81 bits per heavy atom. The topological polar surface area (TPSA) is 46.2 Å². The first-order valence-corrected chi connectivity index (χ1v) is 8.75. The van der Waals surface area contributed by atoms with Crippen molar-refractivity contribution in [2.75, 3.05) is 6.54 Å². The SMILES string of the molecule is O=S(=O)(NCCCc1cccc(Br)c1)c1ccc(F)cc1. The van der Waals surface area contributed by atoms with Gasteiger partial charge in [-0.25, -0.2) is 17.5 Å². The summed E-state index contributed by atoms with van der Waals surface area (Å²) in [6.45, 7) is 0.340. The minimum atomic E-state index is -3.57. The van der Waals surface area contributed by atoms with Gasteiger partial charge in [0.1, 0.15) is 5.82 Å². The minimum absolute atomic E-state index is 0.0753. The molecule has 2 rings (SSSR count). The van der Waals surface area contributed by atoms with Crippen LogP contribution in [0.1, 0.15) is 12.0 Å². The molecule has 6 heteroatoms. The number of benzene rings is 2. The average molecular weight is 372 g/mol. The van der Waals surface area contributed by atoms with Crippen LogP contribution in [0.3, 0.4) is 0 Å². The summed E-state index contributed by atoms with van der Waals surface area (Å²) in [6, 6.07) is 12.7. The molecule has 0 atom stereocenters. The van der Waals surface area contributed by atoms with E-state index in [0.29, 0.717) is 13.0 Å². The number of hydrogen-bond acceptors (Lipinski definition) is 2. The molecule has 0 fully saturated rings. The molecule has 2 aromatic rings. The first-order valence-electron chi connectivity index (χ1n) is 6.47. The predicted molar refractivity (Wildman–Crippen MR) is 84.1 cm³/mol. The largest absolute Gasteiger partial charge is 0.240 e. The molecule has 0 aromatic heterocycles. The second-order valence-corrected chi connectivity index (χ2v) is 7.27. The summed E-state index contributed by atoms with van der Waals surface area (Å²) in [5, 5.41) is 0. The lowest BCUT2D eigenvalue weighted by molar-refractivity contribution is 0.578. The van der Waals surface area contributed by atoms with Crippen molar-refractivity contribution in [1.29, 1.82) is 0 Å². The molecule has 3 nitrogen and oxygen atoms in total. The van der Waals surface area contributed by atoms with Gasteiger partial charge in [0, 0.05) is 11.0 Å². The first kappa shape index (κ1) is 16.1. The van der Waals surface area contributed by atoms with Gasteiger partial charge in [-0.05, 0) is 54.8 Å². The molecule has 0 unspecified atom stereocenters. The molecule has 112 valence electrons. The lowest BCUT2D eigenvalue weighted by atomic mass is 10.1. The van der Waals surface area contributed by atoms with Crippen molar-refractivity contribution in [2.45, 2.75) is 17.7 Å². The molecule has 0 bridgehead atoms. The Labute approximate surface area is 132 Å². The van der Waals surface area contributed by atoms with E-state index in [9.17, 15) is 12.8 Å². The fourth-order valence-electron chi connectivity index (χ4n) is 1.89. The highest BCUT2D eigenvalue weighted by molar-refractivity contribution is 9.10. The van der Waals surface area contributed by atoms with E-state index >= 15 is 0 Å². The molecule has 0 saturated heterocycles. The number of sulfonamides is 1. The Bertz CT molecular complexity index is 702. The highest BCUT2D eigenvalue weighted by Gasteiger charge is 2.12. The Morgan fingerprint density at radius 3 is 2.48 bits per heavy atom. The van der Waals surface area contributed by atoms with E-state index in [1.165, 1.54) is 12.1 Å². The van der Waals surface area contributed by atoms with Gasteiger partial charge in [0.2, 0.25) is 10.0 Å². The standard InChI is InChI=1S/C15H15BrFNO2S/c16-13-5-1-3-12(11-13)4-2-10-18-21(19,20)15-8-6-14(17)7-9-15/h1,3,5-9,11,18H,2,4,10H2. The molecule has 0 radical (unpaired) electrons. The zero-order valence-electron chi connectivity index (χ0n) is 11.2. The molecule has 21 heavy (non-hydrogen) atoms. The summed E-state index contributed by atoms with van der Waals surface area (Å²) in [6.07, 6.45) is 1.47. The lowest BCUT2D eigenvalue weighted by Gasteiger charge is -2.07. The zero-order valence-corrected chi connectivity index (χ0v) is 13.6. The van der Waals surface area contributed by atoms with Crippen molar-refractivity contribution in [1.82, 2.24) is 4.72 Å². The summed E-state index contributed by atoms with van der Waals surface area (Å²) in [7, 11) is -3.57. The summed E-state index contributed by atoms with van der Waals surface area (Å²) in [4.78, 5) is 0.0753. The van der Waals surface area contributed by atoms with E-state index in [1.54, 1.807) is 0 Å². The van der Waals surface area contributed by atoms with Crippen LogP contribution in [-0.2, 0) is 16.4 Å². The Morgan fingerprint density at radius 1 is 1.10 bits per heavy atom. The van der Waals surface area contributed by atoms with Crippen LogP contribution >= 0.6 is 15.9 Å².